The molecule has 2 N–H and O–H groups in total. The van der Waals surface area contributed by atoms with Gasteiger partial charge in [-0.2, -0.15) is 0 Å². The van der Waals surface area contributed by atoms with Crippen LogP contribution in [0.5, 0.6) is 5.75 Å². The molecule has 1 aliphatic rings. The molecule has 0 saturated carbocycles. The van der Waals surface area contributed by atoms with Gasteiger partial charge in [0.2, 0.25) is 5.91 Å². The summed E-state index contributed by atoms with van der Waals surface area (Å²) < 4.78 is 8.03. The summed E-state index contributed by atoms with van der Waals surface area (Å²) in [5.74, 6) is 0.625. The van der Waals surface area contributed by atoms with Crippen LogP contribution in [0, 0.1) is 11.3 Å². The third kappa shape index (κ3) is 6.10. The average Bonchev–Trinajstić information content (AvgIpc) is 3.43. The van der Waals surface area contributed by atoms with Crippen molar-refractivity contribution in [2.24, 2.45) is 11.3 Å². The van der Waals surface area contributed by atoms with Gasteiger partial charge in [0.1, 0.15) is 10.8 Å². The molecule has 2 heterocycles. The molecule has 0 unspecified atom stereocenters. The van der Waals surface area contributed by atoms with Crippen LogP contribution in [0.15, 0.2) is 27.8 Å². The highest BCUT2D eigenvalue weighted by molar-refractivity contribution is 9.10. The van der Waals surface area contributed by atoms with Crippen LogP contribution in [0.2, 0.25) is 0 Å². The zero-order valence-electron chi connectivity index (χ0n) is 22.3. The minimum atomic E-state index is -0.383. The highest BCUT2D eigenvalue weighted by Crippen LogP contribution is 2.44. The summed E-state index contributed by atoms with van der Waals surface area (Å²) in [6.07, 6.45) is 2.70. The zero-order chi connectivity index (χ0) is 27.6. The molecule has 0 saturated heterocycles. The van der Waals surface area contributed by atoms with E-state index < -0.39 is 0 Å². The molecule has 0 fully saturated rings. The van der Waals surface area contributed by atoms with E-state index in [0.717, 1.165) is 34.2 Å². The second-order valence-electron chi connectivity index (χ2n) is 10.3. The molecule has 11 heteroatoms. The van der Waals surface area contributed by atoms with Gasteiger partial charge in [0, 0.05) is 15.9 Å². The number of anilines is 1. The average molecular weight is 622 g/mol. The van der Waals surface area contributed by atoms with Gasteiger partial charge in [-0.05, 0) is 68.2 Å². The summed E-state index contributed by atoms with van der Waals surface area (Å²) in [5, 5.41) is 23.0. The lowest BCUT2D eigenvalue weighted by Crippen LogP contribution is -2.26. The Labute approximate surface area is 239 Å². The molecule has 1 amide bonds. The van der Waals surface area contributed by atoms with Crippen molar-refractivity contribution in [2.75, 3.05) is 17.7 Å². The van der Waals surface area contributed by atoms with Gasteiger partial charge in [-0.15, -0.1) is 21.5 Å². The predicted molar refractivity (Wildman–Crippen MR) is 155 cm³/mol. The van der Waals surface area contributed by atoms with Crippen LogP contribution in [0.3, 0.4) is 0 Å². The molecule has 0 bridgehead atoms. The van der Waals surface area contributed by atoms with E-state index >= 15 is 0 Å². The fourth-order valence-corrected chi connectivity index (χ4v) is 7.19. The number of nitrogens with zero attached hydrogens (tertiary/aromatic N) is 3. The minimum absolute atomic E-state index is 0.0953. The fourth-order valence-electron chi connectivity index (χ4n) is 4.69. The summed E-state index contributed by atoms with van der Waals surface area (Å²) in [6, 6.07) is 5.13. The monoisotopic (exact) mass is 620 g/mol. The van der Waals surface area contributed by atoms with Gasteiger partial charge >= 0.3 is 5.97 Å². The Morgan fingerprint density at radius 1 is 1.29 bits per heavy atom. The number of fused-ring (bicyclic) bond motifs is 1. The SMILES string of the molecule is CCOC(=O)c1c(NC(=O)CSc2nnc(-c3cc(Br)ccc3O)n2CC)sc2c1CC[C@@H](C(C)(C)C)C2. The number of aromatic nitrogens is 3. The van der Waals surface area contributed by atoms with E-state index in [2.05, 4.69) is 52.2 Å². The minimum Gasteiger partial charge on any atom is -0.507 e. The summed E-state index contributed by atoms with van der Waals surface area (Å²) in [6.45, 7) is 11.3. The smallest absolute Gasteiger partial charge is 0.341 e. The molecular weight excluding hydrogens is 588 g/mol. The number of thioether (sulfide) groups is 1. The van der Waals surface area contributed by atoms with Crippen LogP contribution in [0.1, 0.15) is 61.8 Å². The second kappa shape index (κ2) is 11.8. The molecule has 0 radical (unpaired) electrons. The molecule has 8 nitrogen and oxygen atoms in total. The van der Waals surface area contributed by atoms with Gasteiger partial charge in [-0.1, -0.05) is 48.5 Å². The van der Waals surface area contributed by atoms with E-state index in [-0.39, 0.29) is 35.4 Å². The molecule has 1 aromatic carbocycles. The van der Waals surface area contributed by atoms with Crippen LogP contribution < -0.4 is 5.32 Å². The Hall–Kier alpha value is -2.37. The summed E-state index contributed by atoms with van der Waals surface area (Å²) in [5.41, 5.74) is 2.25. The maximum absolute atomic E-state index is 13.0. The number of thiophene rings is 1. The van der Waals surface area contributed by atoms with Crippen molar-refractivity contribution in [3.05, 3.63) is 38.7 Å². The number of rotatable bonds is 8. The number of amides is 1. The number of ether oxygens (including phenoxy) is 1. The van der Waals surface area contributed by atoms with Crippen molar-refractivity contribution in [3.63, 3.8) is 0 Å². The van der Waals surface area contributed by atoms with Gasteiger partial charge in [0.25, 0.3) is 0 Å². The highest BCUT2D eigenvalue weighted by atomic mass is 79.9. The number of phenolic OH excluding ortho intramolecular Hbond substituents is 1. The molecule has 4 rings (SSSR count). The van der Waals surface area contributed by atoms with E-state index in [1.807, 2.05) is 11.5 Å². The predicted octanol–water partition coefficient (Wildman–Crippen LogP) is 6.55. The molecule has 1 atom stereocenters. The summed E-state index contributed by atoms with van der Waals surface area (Å²) in [4.78, 5) is 27.1. The van der Waals surface area contributed by atoms with E-state index in [4.69, 9.17) is 4.74 Å². The first-order valence-electron chi connectivity index (χ1n) is 12.7. The van der Waals surface area contributed by atoms with Crippen LogP contribution >= 0.6 is 39.0 Å². The quantitative estimate of drug-likeness (QED) is 0.217. The molecule has 204 valence electrons. The Kier molecular flexibility index (Phi) is 8.89. The first-order valence-corrected chi connectivity index (χ1v) is 15.3. The van der Waals surface area contributed by atoms with E-state index in [9.17, 15) is 14.7 Å². The third-order valence-corrected chi connectivity index (χ3v) is 9.42. The molecule has 0 aliphatic heterocycles. The fraction of sp³-hybridized carbons (Fsp3) is 0.481. The number of hydrogen-bond donors (Lipinski definition) is 2. The molecule has 0 spiro atoms. The van der Waals surface area contributed by atoms with E-state index in [1.165, 1.54) is 23.1 Å². The lowest BCUT2D eigenvalue weighted by atomic mass is 9.72. The van der Waals surface area contributed by atoms with Crippen LogP contribution in [-0.4, -0.2) is 44.1 Å². The number of carbonyl (C=O) groups is 2. The Balaban J connectivity index is 1.52. The number of halogens is 1. The molecule has 38 heavy (non-hydrogen) atoms. The number of aromatic hydroxyl groups is 1. The van der Waals surface area contributed by atoms with Crippen molar-refractivity contribution in [2.45, 2.75) is 65.6 Å². The van der Waals surface area contributed by atoms with Crippen molar-refractivity contribution in [1.29, 1.82) is 0 Å². The standard InChI is InChI=1S/C27H33BrN4O4S2/c1-6-32-23(18-13-16(28)9-11-19(18)33)30-31-26(32)37-14-21(34)29-24-22(25(35)36-7-2)17-10-8-15(27(3,4)5)12-20(17)38-24/h9,11,13,15,33H,6-8,10,12,14H2,1-5H3,(H,29,34)/t15-/m1/s1. The van der Waals surface area contributed by atoms with Gasteiger partial charge in [-0.3, -0.25) is 4.79 Å². The maximum atomic E-state index is 13.0. The Morgan fingerprint density at radius 2 is 2.05 bits per heavy atom. The largest absolute Gasteiger partial charge is 0.507 e. The van der Waals surface area contributed by atoms with Crippen LogP contribution in [0.25, 0.3) is 11.4 Å². The number of hydrogen-bond acceptors (Lipinski definition) is 8. The molecule has 1 aliphatic carbocycles. The van der Waals surface area contributed by atoms with Crippen molar-refractivity contribution in [3.8, 4) is 17.1 Å². The van der Waals surface area contributed by atoms with Crippen molar-refractivity contribution in [1.82, 2.24) is 14.8 Å². The molecule has 3 aromatic rings. The lowest BCUT2D eigenvalue weighted by molar-refractivity contribution is -0.113. The van der Waals surface area contributed by atoms with Gasteiger partial charge < -0.3 is 19.7 Å². The van der Waals surface area contributed by atoms with Crippen LogP contribution in [0.4, 0.5) is 5.00 Å². The normalized spacial score (nSPS) is 15.3. The Morgan fingerprint density at radius 3 is 2.74 bits per heavy atom. The third-order valence-electron chi connectivity index (χ3n) is 6.79. The topological polar surface area (TPSA) is 106 Å². The molecular formula is C27H33BrN4O4S2. The zero-order valence-corrected chi connectivity index (χ0v) is 25.5. The maximum Gasteiger partial charge on any atom is 0.341 e. The first-order chi connectivity index (χ1) is 18.0. The van der Waals surface area contributed by atoms with E-state index in [1.54, 1.807) is 25.1 Å². The summed E-state index contributed by atoms with van der Waals surface area (Å²) >= 11 is 6.18. The highest BCUT2D eigenvalue weighted by Gasteiger charge is 2.34. The van der Waals surface area contributed by atoms with Crippen LogP contribution in [-0.2, 0) is 28.9 Å². The number of esters is 1. The van der Waals surface area contributed by atoms with Gasteiger partial charge in [-0.25, -0.2) is 4.79 Å². The van der Waals surface area contributed by atoms with Crippen molar-refractivity contribution < 1.29 is 19.4 Å². The summed E-state index contributed by atoms with van der Waals surface area (Å²) in [7, 11) is 0. The van der Waals surface area contributed by atoms with Gasteiger partial charge in [0.15, 0.2) is 11.0 Å². The van der Waals surface area contributed by atoms with Gasteiger partial charge in [0.05, 0.1) is 23.5 Å². The number of benzene rings is 1. The lowest BCUT2D eigenvalue weighted by Gasteiger charge is -2.33. The molecule has 2 aromatic heterocycles. The second-order valence-corrected chi connectivity index (χ2v) is 13.2. The Bertz CT molecular complexity index is 1350. The number of carbonyl (C=O) groups excluding carboxylic acids is 2. The first kappa shape index (κ1) is 28.6. The number of nitrogens with one attached hydrogen (secondary N) is 1. The van der Waals surface area contributed by atoms with Crippen molar-refractivity contribution >= 4 is 55.9 Å². The number of phenols is 1. The van der Waals surface area contributed by atoms with E-state index in [0.29, 0.717) is 39.6 Å².